The minimum Gasteiger partial charge on any atom is -0.389 e. The van der Waals surface area contributed by atoms with Crippen LogP contribution in [0.15, 0.2) is 23.0 Å². The molecule has 1 heterocycles. The van der Waals surface area contributed by atoms with Gasteiger partial charge in [-0.05, 0) is 6.08 Å². The second-order valence-corrected chi connectivity index (χ2v) is 2.02. The maximum atomic E-state index is 7.14. The summed E-state index contributed by atoms with van der Waals surface area (Å²) in [6.07, 6.45) is 3.28. The summed E-state index contributed by atoms with van der Waals surface area (Å²) in [5.74, 6) is 0.252. The first kappa shape index (κ1) is 6.16. The molecular weight excluding hydrogens is 138 g/mol. The van der Waals surface area contributed by atoms with Crippen LogP contribution in [0.2, 0.25) is 0 Å². The predicted molar refractivity (Wildman–Crippen MR) is 37.1 cm³/mol. The molecule has 4 heteroatoms. The molecule has 0 saturated carbocycles. The second kappa shape index (κ2) is 2.11. The zero-order chi connectivity index (χ0) is 6.85. The average molecular weight is 144 g/mol. The fourth-order valence-corrected chi connectivity index (χ4v) is 0.726. The maximum absolute atomic E-state index is 7.14. The summed E-state index contributed by atoms with van der Waals surface area (Å²) < 4.78 is 0. The van der Waals surface area contributed by atoms with Crippen LogP contribution in [0.3, 0.4) is 0 Å². The van der Waals surface area contributed by atoms with Crippen LogP contribution in [-0.2, 0) is 0 Å². The summed E-state index contributed by atoms with van der Waals surface area (Å²) in [5, 5.41) is 9.93. The van der Waals surface area contributed by atoms with Crippen LogP contribution in [0.5, 0.6) is 0 Å². The normalized spacial score (nSPS) is 22.1. The SMILES string of the molecule is N=C1NC=C/C1=C(/N)Cl. The molecule has 0 saturated heterocycles. The van der Waals surface area contributed by atoms with Crippen molar-refractivity contribution in [1.82, 2.24) is 5.32 Å². The van der Waals surface area contributed by atoms with Crippen molar-refractivity contribution >= 4 is 17.4 Å². The third-order valence-electron chi connectivity index (χ3n) is 1.00. The van der Waals surface area contributed by atoms with E-state index in [-0.39, 0.29) is 11.0 Å². The highest BCUT2D eigenvalue weighted by atomic mass is 35.5. The van der Waals surface area contributed by atoms with Gasteiger partial charge >= 0.3 is 0 Å². The monoisotopic (exact) mass is 143 g/mol. The highest BCUT2D eigenvalue weighted by Gasteiger charge is 2.08. The van der Waals surface area contributed by atoms with Gasteiger partial charge in [0.05, 0.1) is 5.57 Å². The van der Waals surface area contributed by atoms with Crippen molar-refractivity contribution < 1.29 is 0 Å². The largest absolute Gasteiger partial charge is 0.389 e. The number of halogens is 1. The summed E-state index contributed by atoms with van der Waals surface area (Å²) in [7, 11) is 0. The molecule has 9 heavy (non-hydrogen) atoms. The highest BCUT2D eigenvalue weighted by Crippen LogP contribution is 2.08. The standard InChI is InChI=1S/C5H6ClN3/c6-4(7)3-1-2-9-5(3)8/h1-2H,7H2,(H2,8,9)/b4-3-. The van der Waals surface area contributed by atoms with E-state index in [1.54, 1.807) is 12.3 Å². The van der Waals surface area contributed by atoms with Crippen LogP contribution in [0.1, 0.15) is 0 Å². The molecule has 0 aromatic carbocycles. The fraction of sp³-hybridized carbons (Fsp3) is 0. The first-order chi connectivity index (χ1) is 4.22. The highest BCUT2D eigenvalue weighted by molar-refractivity contribution is 6.32. The van der Waals surface area contributed by atoms with E-state index in [2.05, 4.69) is 5.32 Å². The Labute approximate surface area is 57.7 Å². The van der Waals surface area contributed by atoms with Gasteiger partial charge in [-0.3, -0.25) is 5.41 Å². The number of nitrogens with two attached hydrogens (primary N) is 1. The summed E-state index contributed by atoms with van der Waals surface area (Å²) >= 11 is 5.40. The average Bonchev–Trinajstić information content (AvgIpc) is 2.13. The van der Waals surface area contributed by atoms with Crippen molar-refractivity contribution in [2.75, 3.05) is 0 Å². The van der Waals surface area contributed by atoms with Crippen molar-refractivity contribution in [3.63, 3.8) is 0 Å². The van der Waals surface area contributed by atoms with Crippen LogP contribution in [0.4, 0.5) is 0 Å². The molecule has 1 aliphatic heterocycles. The Morgan fingerprint density at radius 1 is 1.78 bits per heavy atom. The van der Waals surface area contributed by atoms with E-state index in [4.69, 9.17) is 22.7 Å². The van der Waals surface area contributed by atoms with Gasteiger partial charge < -0.3 is 11.1 Å². The molecule has 0 amide bonds. The summed E-state index contributed by atoms with van der Waals surface area (Å²) in [6, 6.07) is 0. The first-order valence-corrected chi connectivity index (χ1v) is 2.77. The van der Waals surface area contributed by atoms with Gasteiger partial charge in [0, 0.05) is 6.20 Å². The molecule has 3 nitrogen and oxygen atoms in total. The zero-order valence-corrected chi connectivity index (χ0v) is 5.37. The van der Waals surface area contributed by atoms with Gasteiger partial charge in [0.1, 0.15) is 11.0 Å². The molecule has 48 valence electrons. The van der Waals surface area contributed by atoms with Gasteiger partial charge in [-0.25, -0.2) is 0 Å². The molecule has 0 aliphatic carbocycles. The van der Waals surface area contributed by atoms with Gasteiger partial charge in [0.15, 0.2) is 0 Å². The predicted octanol–water partition coefficient (Wildman–Crippen LogP) is 0.490. The third-order valence-corrected chi connectivity index (χ3v) is 1.21. The quantitative estimate of drug-likeness (QED) is 0.432. The minimum atomic E-state index is 0.154. The van der Waals surface area contributed by atoms with E-state index in [1.165, 1.54) is 0 Å². The third kappa shape index (κ3) is 1.05. The lowest BCUT2D eigenvalue weighted by Crippen LogP contribution is -2.13. The number of amidine groups is 1. The van der Waals surface area contributed by atoms with Gasteiger partial charge in [-0.15, -0.1) is 0 Å². The molecule has 0 aromatic heterocycles. The summed E-state index contributed by atoms with van der Waals surface area (Å²) in [4.78, 5) is 0. The lowest BCUT2D eigenvalue weighted by Gasteiger charge is -1.94. The minimum absolute atomic E-state index is 0.154. The zero-order valence-electron chi connectivity index (χ0n) is 4.61. The number of hydrogen-bond donors (Lipinski definition) is 3. The number of hydrogen-bond acceptors (Lipinski definition) is 2. The Morgan fingerprint density at radius 3 is 2.67 bits per heavy atom. The molecule has 0 aromatic rings. The van der Waals surface area contributed by atoms with Crippen molar-refractivity contribution in [3.8, 4) is 0 Å². The van der Waals surface area contributed by atoms with Gasteiger partial charge in [-0.1, -0.05) is 11.6 Å². The van der Waals surface area contributed by atoms with Crippen molar-refractivity contribution in [2.45, 2.75) is 0 Å². The van der Waals surface area contributed by atoms with E-state index < -0.39 is 0 Å². The molecule has 0 unspecified atom stereocenters. The van der Waals surface area contributed by atoms with Gasteiger partial charge in [-0.2, -0.15) is 0 Å². The van der Waals surface area contributed by atoms with Crippen LogP contribution < -0.4 is 11.1 Å². The molecule has 0 fully saturated rings. The molecule has 0 atom stereocenters. The molecule has 0 radical (unpaired) electrons. The van der Waals surface area contributed by atoms with E-state index >= 15 is 0 Å². The summed E-state index contributed by atoms with van der Waals surface area (Å²) in [5.41, 5.74) is 5.75. The molecule has 0 spiro atoms. The van der Waals surface area contributed by atoms with Crippen LogP contribution in [0.25, 0.3) is 0 Å². The topological polar surface area (TPSA) is 61.9 Å². The molecule has 0 bridgehead atoms. The number of nitrogens with one attached hydrogen (secondary N) is 2. The van der Waals surface area contributed by atoms with E-state index in [0.717, 1.165) is 0 Å². The first-order valence-electron chi connectivity index (χ1n) is 2.39. The molecule has 4 N–H and O–H groups in total. The number of rotatable bonds is 0. The smallest absolute Gasteiger partial charge is 0.132 e. The second-order valence-electron chi connectivity index (χ2n) is 1.61. The Balaban J connectivity index is 2.95. The van der Waals surface area contributed by atoms with Crippen LogP contribution in [-0.4, -0.2) is 5.84 Å². The van der Waals surface area contributed by atoms with Crippen molar-refractivity contribution in [1.29, 1.82) is 5.41 Å². The van der Waals surface area contributed by atoms with Crippen LogP contribution >= 0.6 is 11.6 Å². The summed E-state index contributed by atoms with van der Waals surface area (Å²) in [6.45, 7) is 0. The maximum Gasteiger partial charge on any atom is 0.132 e. The Kier molecular flexibility index (Phi) is 1.44. The van der Waals surface area contributed by atoms with E-state index in [1.807, 2.05) is 0 Å². The van der Waals surface area contributed by atoms with Crippen molar-refractivity contribution in [3.05, 3.63) is 23.0 Å². The lowest BCUT2D eigenvalue weighted by atomic mass is 10.3. The van der Waals surface area contributed by atoms with Gasteiger partial charge in [0.2, 0.25) is 0 Å². The molecule has 1 aliphatic rings. The van der Waals surface area contributed by atoms with Crippen LogP contribution in [0, 0.1) is 5.41 Å². The Hall–Kier alpha value is -0.960. The lowest BCUT2D eigenvalue weighted by molar-refractivity contribution is 1.26. The van der Waals surface area contributed by atoms with Crippen molar-refractivity contribution in [2.24, 2.45) is 5.73 Å². The molecule has 1 rings (SSSR count). The van der Waals surface area contributed by atoms with E-state index in [9.17, 15) is 0 Å². The molecular formula is C5H6ClN3. The Bertz CT molecular complexity index is 200. The fourth-order valence-electron chi connectivity index (χ4n) is 0.568. The van der Waals surface area contributed by atoms with E-state index in [0.29, 0.717) is 5.57 Å². The van der Waals surface area contributed by atoms with Gasteiger partial charge in [0.25, 0.3) is 0 Å². The Morgan fingerprint density at radius 2 is 2.44 bits per heavy atom.